The van der Waals surface area contributed by atoms with Gasteiger partial charge in [0.2, 0.25) is 0 Å². The van der Waals surface area contributed by atoms with Crippen molar-refractivity contribution < 1.29 is 13.9 Å². The number of ether oxygens (including phenoxy) is 1. The zero-order chi connectivity index (χ0) is 19.7. The molecule has 0 aromatic heterocycles. The monoisotopic (exact) mass is 382 g/mol. The predicted octanol–water partition coefficient (Wildman–Crippen LogP) is 4.60. The number of hydrogen-bond donors (Lipinski definition) is 0. The maximum Gasteiger partial charge on any atom is 0.257 e. The van der Waals surface area contributed by atoms with Gasteiger partial charge in [0.25, 0.3) is 5.91 Å². The molecule has 2 aromatic rings. The number of halogens is 1. The SMILES string of the molecule is CCCN1C(=O)c2ccccc2C1(OC1CCC(N=O)C1)c1ccc(F)cc1. The molecule has 0 spiro atoms. The van der Waals surface area contributed by atoms with E-state index in [-0.39, 0.29) is 23.9 Å². The van der Waals surface area contributed by atoms with Crippen LogP contribution in [0.15, 0.2) is 53.7 Å². The van der Waals surface area contributed by atoms with E-state index in [1.165, 1.54) is 12.1 Å². The summed E-state index contributed by atoms with van der Waals surface area (Å²) in [4.78, 5) is 26.0. The van der Waals surface area contributed by atoms with Crippen LogP contribution in [0.3, 0.4) is 0 Å². The van der Waals surface area contributed by atoms with Gasteiger partial charge in [-0.15, -0.1) is 0 Å². The molecule has 4 rings (SSSR count). The number of hydrogen-bond acceptors (Lipinski definition) is 4. The van der Waals surface area contributed by atoms with Crippen molar-refractivity contribution in [2.24, 2.45) is 5.18 Å². The fraction of sp³-hybridized carbons (Fsp3) is 0.409. The van der Waals surface area contributed by atoms with Crippen LogP contribution >= 0.6 is 0 Å². The van der Waals surface area contributed by atoms with Gasteiger partial charge >= 0.3 is 0 Å². The van der Waals surface area contributed by atoms with E-state index in [9.17, 15) is 14.1 Å². The lowest BCUT2D eigenvalue weighted by Crippen LogP contribution is -2.49. The first-order valence-corrected chi connectivity index (χ1v) is 9.78. The van der Waals surface area contributed by atoms with Crippen molar-refractivity contribution in [3.63, 3.8) is 0 Å². The molecule has 0 N–H and O–H groups in total. The third kappa shape index (κ3) is 2.92. The van der Waals surface area contributed by atoms with Crippen molar-refractivity contribution in [1.29, 1.82) is 0 Å². The molecule has 2 aromatic carbocycles. The van der Waals surface area contributed by atoms with Crippen molar-refractivity contribution >= 4 is 5.91 Å². The summed E-state index contributed by atoms with van der Waals surface area (Å²) in [5, 5.41) is 3.17. The zero-order valence-electron chi connectivity index (χ0n) is 15.8. The molecule has 1 amide bonds. The molecule has 3 atom stereocenters. The fourth-order valence-electron chi connectivity index (χ4n) is 4.43. The second-order valence-corrected chi connectivity index (χ2v) is 7.47. The van der Waals surface area contributed by atoms with E-state index in [0.717, 1.165) is 12.0 Å². The highest BCUT2D eigenvalue weighted by Gasteiger charge is 2.53. The van der Waals surface area contributed by atoms with E-state index < -0.39 is 5.72 Å². The van der Waals surface area contributed by atoms with E-state index in [1.807, 2.05) is 25.1 Å². The summed E-state index contributed by atoms with van der Waals surface area (Å²) < 4.78 is 20.3. The van der Waals surface area contributed by atoms with Gasteiger partial charge in [-0.1, -0.05) is 42.4 Å². The largest absolute Gasteiger partial charge is 0.344 e. The Kier molecular flexibility index (Phi) is 4.98. The van der Waals surface area contributed by atoms with Gasteiger partial charge in [0.1, 0.15) is 5.82 Å². The quantitative estimate of drug-likeness (QED) is 0.686. The first-order chi connectivity index (χ1) is 13.6. The standard InChI is InChI=1S/C22H23FN2O3/c1-2-13-25-21(26)19-5-3-4-6-20(19)22(25,15-7-9-16(23)10-8-15)28-18-12-11-17(14-18)24-27/h3-10,17-18H,2,11-14H2,1H3. The van der Waals surface area contributed by atoms with Gasteiger partial charge in [-0.05, 0) is 43.9 Å². The minimum atomic E-state index is -1.13. The summed E-state index contributed by atoms with van der Waals surface area (Å²) in [5.41, 5.74) is 0.953. The van der Waals surface area contributed by atoms with Gasteiger partial charge in [0.15, 0.2) is 5.72 Å². The molecule has 0 saturated heterocycles. The molecular weight excluding hydrogens is 359 g/mol. The summed E-state index contributed by atoms with van der Waals surface area (Å²) in [6.07, 6.45) is 2.47. The Bertz CT molecular complexity index is 886. The molecule has 6 heteroatoms. The first kappa shape index (κ1) is 18.7. The van der Waals surface area contributed by atoms with Crippen LogP contribution in [0.4, 0.5) is 4.39 Å². The number of carbonyl (C=O) groups excluding carboxylic acids is 1. The van der Waals surface area contributed by atoms with Crippen LogP contribution < -0.4 is 0 Å². The predicted molar refractivity (Wildman–Crippen MR) is 103 cm³/mol. The summed E-state index contributed by atoms with van der Waals surface area (Å²) in [6, 6.07) is 13.3. The van der Waals surface area contributed by atoms with Crippen LogP contribution in [-0.4, -0.2) is 29.5 Å². The number of nitroso groups, excluding NO2 is 1. The third-order valence-electron chi connectivity index (χ3n) is 5.67. The Balaban J connectivity index is 1.87. The van der Waals surface area contributed by atoms with Crippen molar-refractivity contribution in [1.82, 2.24) is 4.90 Å². The van der Waals surface area contributed by atoms with E-state index in [4.69, 9.17) is 4.74 Å². The van der Waals surface area contributed by atoms with Gasteiger partial charge in [-0.25, -0.2) is 4.39 Å². The first-order valence-electron chi connectivity index (χ1n) is 9.78. The molecular formula is C22H23FN2O3. The molecule has 146 valence electrons. The van der Waals surface area contributed by atoms with Gasteiger partial charge in [-0.3, -0.25) is 4.79 Å². The van der Waals surface area contributed by atoms with Crippen LogP contribution in [0.5, 0.6) is 0 Å². The van der Waals surface area contributed by atoms with Crippen molar-refractivity contribution in [2.45, 2.75) is 50.5 Å². The Labute approximate surface area is 163 Å². The Morgan fingerprint density at radius 3 is 2.61 bits per heavy atom. The van der Waals surface area contributed by atoms with Gasteiger partial charge in [0, 0.05) is 23.2 Å². The number of nitrogens with zero attached hydrogens (tertiary/aromatic N) is 2. The highest BCUT2D eigenvalue weighted by Crippen LogP contribution is 2.47. The van der Waals surface area contributed by atoms with Crippen LogP contribution in [-0.2, 0) is 10.5 Å². The molecule has 5 nitrogen and oxygen atoms in total. The molecule has 3 unspecified atom stereocenters. The second kappa shape index (κ2) is 7.43. The Hall–Kier alpha value is -2.60. The van der Waals surface area contributed by atoms with Crippen molar-refractivity contribution in [3.8, 4) is 0 Å². The van der Waals surface area contributed by atoms with Crippen LogP contribution in [0.1, 0.15) is 54.1 Å². The topological polar surface area (TPSA) is 59.0 Å². The molecule has 0 bridgehead atoms. The minimum absolute atomic E-state index is 0.0927. The summed E-state index contributed by atoms with van der Waals surface area (Å²) >= 11 is 0. The van der Waals surface area contributed by atoms with E-state index >= 15 is 0 Å². The minimum Gasteiger partial charge on any atom is -0.344 e. The molecule has 1 heterocycles. The van der Waals surface area contributed by atoms with Crippen LogP contribution in [0, 0.1) is 10.7 Å². The summed E-state index contributed by atoms with van der Waals surface area (Å²) in [7, 11) is 0. The molecule has 0 radical (unpaired) electrons. The average molecular weight is 382 g/mol. The van der Waals surface area contributed by atoms with Gasteiger partial charge < -0.3 is 9.64 Å². The van der Waals surface area contributed by atoms with E-state index in [2.05, 4.69) is 5.18 Å². The molecule has 1 aliphatic carbocycles. The van der Waals surface area contributed by atoms with Gasteiger partial charge in [-0.2, -0.15) is 4.91 Å². The number of amides is 1. The smallest absolute Gasteiger partial charge is 0.257 e. The molecule has 2 aliphatic rings. The maximum atomic E-state index is 13.6. The Morgan fingerprint density at radius 2 is 1.93 bits per heavy atom. The third-order valence-corrected chi connectivity index (χ3v) is 5.67. The fourth-order valence-corrected chi connectivity index (χ4v) is 4.43. The highest BCUT2D eigenvalue weighted by atomic mass is 19.1. The molecule has 1 fully saturated rings. The van der Waals surface area contributed by atoms with Crippen molar-refractivity contribution in [2.75, 3.05) is 6.54 Å². The van der Waals surface area contributed by atoms with E-state index in [1.54, 1.807) is 23.1 Å². The van der Waals surface area contributed by atoms with E-state index in [0.29, 0.717) is 36.9 Å². The van der Waals surface area contributed by atoms with Crippen LogP contribution in [0.25, 0.3) is 0 Å². The lowest BCUT2D eigenvalue weighted by atomic mass is 9.93. The second-order valence-electron chi connectivity index (χ2n) is 7.47. The maximum absolute atomic E-state index is 13.6. The molecule has 1 saturated carbocycles. The zero-order valence-corrected chi connectivity index (χ0v) is 15.8. The summed E-state index contributed by atoms with van der Waals surface area (Å²) in [6.45, 7) is 2.51. The Morgan fingerprint density at radius 1 is 1.18 bits per heavy atom. The number of fused-ring (bicyclic) bond motifs is 1. The highest BCUT2D eigenvalue weighted by molar-refractivity contribution is 6.00. The summed E-state index contributed by atoms with van der Waals surface area (Å²) in [5.74, 6) is -0.436. The molecule has 1 aliphatic heterocycles. The van der Waals surface area contributed by atoms with Crippen molar-refractivity contribution in [3.05, 3.63) is 75.9 Å². The van der Waals surface area contributed by atoms with Crippen LogP contribution in [0.2, 0.25) is 0 Å². The number of benzene rings is 2. The lowest BCUT2D eigenvalue weighted by molar-refractivity contribution is -0.142. The number of carbonyl (C=O) groups is 1. The molecule has 28 heavy (non-hydrogen) atoms. The lowest BCUT2D eigenvalue weighted by Gasteiger charge is -2.41. The van der Waals surface area contributed by atoms with Gasteiger partial charge in [0.05, 0.1) is 12.1 Å². The number of rotatable bonds is 6. The normalized spacial score (nSPS) is 26.5. The average Bonchev–Trinajstić information content (AvgIpc) is 3.26.